The van der Waals surface area contributed by atoms with Crippen LogP contribution < -0.4 is 0 Å². The number of nitrogens with zero attached hydrogens (tertiary/aromatic N) is 1. The van der Waals surface area contributed by atoms with Crippen molar-refractivity contribution in [3.63, 3.8) is 0 Å². The smallest absolute Gasteiger partial charge is 0.228 e. The fourth-order valence-corrected chi connectivity index (χ4v) is 4.68. The maximum atomic E-state index is 13.1. The zero-order chi connectivity index (χ0) is 17.4. The first-order valence-corrected chi connectivity index (χ1v) is 9.63. The van der Waals surface area contributed by atoms with E-state index in [1.165, 1.54) is 5.56 Å². The van der Waals surface area contributed by atoms with E-state index < -0.39 is 5.72 Å². The second kappa shape index (κ2) is 6.58. The molecule has 1 unspecified atom stereocenters. The molecule has 0 spiro atoms. The van der Waals surface area contributed by atoms with Crippen LogP contribution in [0.2, 0.25) is 0 Å². The quantitative estimate of drug-likeness (QED) is 0.744. The fraction of sp³-hybridized carbons (Fsp3) is 0.381. The normalized spacial score (nSPS) is 28.4. The Bertz CT molecular complexity index is 778. The van der Waals surface area contributed by atoms with Crippen LogP contribution >= 0.6 is 15.9 Å². The molecule has 0 N–H and O–H groups in total. The van der Waals surface area contributed by atoms with E-state index in [0.717, 1.165) is 29.3 Å². The van der Waals surface area contributed by atoms with E-state index in [9.17, 15) is 4.79 Å². The summed E-state index contributed by atoms with van der Waals surface area (Å²) in [6.07, 6.45) is 2.54. The molecule has 3 nitrogen and oxygen atoms in total. The van der Waals surface area contributed by atoms with Crippen molar-refractivity contribution in [1.82, 2.24) is 4.90 Å². The van der Waals surface area contributed by atoms with E-state index in [4.69, 9.17) is 4.74 Å². The Kier molecular flexibility index (Phi) is 4.42. The second-order valence-electron chi connectivity index (χ2n) is 7.15. The molecule has 1 amide bonds. The highest BCUT2D eigenvalue weighted by atomic mass is 79.9. The molecule has 2 aliphatic rings. The minimum absolute atomic E-state index is 0.0311. The van der Waals surface area contributed by atoms with E-state index in [1.807, 2.05) is 35.2 Å². The van der Waals surface area contributed by atoms with Gasteiger partial charge in [-0.1, -0.05) is 64.5 Å². The van der Waals surface area contributed by atoms with Crippen molar-refractivity contribution in [2.45, 2.75) is 38.0 Å². The van der Waals surface area contributed by atoms with Crippen LogP contribution in [0.25, 0.3) is 0 Å². The molecule has 2 aromatic rings. The number of amides is 1. The summed E-state index contributed by atoms with van der Waals surface area (Å²) >= 11 is 3.60. The number of aryl methyl sites for hydroxylation is 1. The van der Waals surface area contributed by atoms with Crippen LogP contribution in [-0.2, 0) is 16.0 Å². The highest BCUT2D eigenvalue weighted by molar-refractivity contribution is 9.10. The molecule has 0 radical (unpaired) electrons. The van der Waals surface area contributed by atoms with Gasteiger partial charge in [0.25, 0.3) is 0 Å². The van der Waals surface area contributed by atoms with Crippen LogP contribution in [0.5, 0.6) is 0 Å². The largest absolute Gasteiger partial charge is 0.353 e. The number of rotatable bonds is 4. The molecular formula is C21H22BrNO2. The Labute approximate surface area is 157 Å². The minimum Gasteiger partial charge on any atom is -0.353 e. The summed E-state index contributed by atoms with van der Waals surface area (Å²) in [6, 6.07) is 18.5. The van der Waals surface area contributed by atoms with Crippen molar-refractivity contribution in [1.29, 1.82) is 0 Å². The first kappa shape index (κ1) is 16.8. The van der Waals surface area contributed by atoms with Gasteiger partial charge >= 0.3 is 0 Å². The summed E-state index contributed by atoms with van der Waals surface area (Å²) < 4.78 is 7.22. The van der Waals surface area contributed by atoms with Crippen molar-refractivity contribution in [3.05, 3.63) is 70.2 Å². The summed E-state index contributed by atoms with van der Waals surface area (Å²) in [5.74, 6) is 0.268. The molecule has 0 aromatic heterocycles. The number of halogens is 1. The number of hydrogen-bond donors (Lipinski definition) is 0. The number of ether oxygens (including phenoxy) is 1. The summed E-state index contributed by atoms with van der Waals surface area (Å²) in [5, 5.41) is 0. The average Bonchev–Trinajstić information content (AvgIpc) is 3.08. The summed E-state index contributed by atoms with van der Waals surface area (Å²) in [4.78, 5) is 15.1. The van der Waals surface area contributed by atoms with Crippen molar-refractivity contribution in [2.24, 2.45) is 5.92 Å². The van der Waals surface area contributed by atoms with E-state index in [2.05, 4.69) is 47.1 Å². The minimum atomic E-state index is -0.462. The van der Waals surface area contributed by atoms with E-state index >= 15 is 0 Å². The predicted octanol–water partition coefficient (Wildman–Crippen LogP) is 4.72. The lowest BCUT2D eigenvalue weighted by atomic mass is 9.95. The molecule has 3 atom stereocenters. The number of carbonyl (C=O) groups is 1. The molecule has 2 aromatic carbocycles. The van der Waals surface area contributed by atoms with E-state index in [0.29, 0.717) is 6.61 Å². The van der Waals surface area contributed by atoms with Gasteiger partial charge in [0.15, 0.2) is 0 Å². The SMILES string of the molecule is C[C@@]12CC(CCc3ccccc3Br)C(=O)N1[C@@H](c1ccccc1)CO2. The number of hydrogen-bond acceptors (Lipinski definition) is 2. The third-order valence-electron chi connectivity index (χ3n) is 5.49. The average molecular weight is 400 g/mol. The molecule has 0 bridgehead atoms. The summed E-state index contributed by atoms with van der Waals surface area (Å²) in [7, 11) is 0. The molecule has 2 fully saturated rings. The molecule has 2 aliphatic heterocycles. The van der Waals surface area contributed by atoms with Crippen LogP contribution in [0.15, 0.2) is 59.1 Å². The standard InChI is InChI=1S/C21H22BrNO2/c1-21-13-17(12-11-15-7-5-6-10-18(15)22)20(24)23(21)19(14-25-21)16-8-3-2-4-9-16/h2-10,17,19H,11-14H2,1H3/t17?,19-,21-/m1/s1. The molecule has 0 aliphatic carbocycles. The third kappa shape index (κ3) is 3.02. The predicted molar refractivity (Wildman–Crippen MR) is 101 cm³/mol. The molecule has 4 rings (SSSR count). The van der Waals surface area contributed by atoms with Gasteiger partial charge in [-0.05, 0) is 37.0 Å². The molecule has 2 saturated heterocycles. The first-order valence-electron chi connectivity index (χ1n) is 8.84. The molecule has 25 heavy (non-hydrogen) atoms. The van der Waals surface area contributed by atoms with Crippen LogP contribution in [0, 0.1) is 5.92 Å². The summed E-state index contributed by atoms with van der Waals surface area (Å²) in [6.45, 7) is 2.65. The fourth-order valence-electron chi connectivity index (χ4n) is 4.19. The summed E-state index contributed by atoms with van der Waals surface area (Å²) in [5.41, 5.74) is 1.95. The lowest BCUT2D eigenvalue weighted by Gasteiger charge is -2.29. The second-order valence-corrected chi connectivity index (χ2v) is 8.01. The highest BCUT2D eigenvalue weighted by Crippen LogP contribution is 2.47. The van der Waals surface area contributed by atoms with Crippen molar-refractivity contribution < 1.29 is 9.53 Å². The van der Waals surface area contributed by atoms with Gasteiger partial charge < -0.3 is 9.64 Å². The molecule has 0 saturated carbocycles. The Morgan fingerprint density at radius 1 is 1.16 bits per heavy atom. The molecule has 130 valence electrons. The van der Waals surface area contributed by atoms with Crippen LogP contribution in [0.4, 0.5) is 0 Å². The topological polar surface area (TPSA) is 29.5 Å². The molecule has 4 heteroatoms. The Hall–Kier alpha value is -1.65. The maximum absolute atomic E-state index is 13.1. The zero-order valence-electron chi connectivity index (χ0n) is 14.3. The Morgan fingerprint density at radius 2 is 1.88 bits per heavy atom. The van der Waals surface area contributed by atoms with Gasteiger partial charge in [0, 0.05) is 16.8 Å². The third-order valence-corrected chi connectivity index (χ3v) is 6.26. The number of benzene rings is 2. The van der Waals surface area contributed by atoms with Gasteiger partial charge in [-0.2, -0.15) is 0 Å². The van der Waals surface area contributed by atoms with E-state index in [1.54, 1.807) is 0 Å². The lowest BCUT2D eigenvalue weighted by Crippen LogP contribution is -2.40. The van der Waals surface area contributed by atoms with Gasteiger partial charge in [-0.3, -0.25) is 4.79 Å². The zero-order valence-corrected chi connectivity index (χ0v) is 15.9. The van der Waals surface area contributed by atoms with E-state index in [-0.39, 0.29) is 17.9 Å². The van der Waals surface area contributed by atoms with Crippen LogP contribution in [-0.4, -0.2) is 23.1 Å². The van der Waals surface area contributed by atoms with Crippen molar-refractivity contribution in [2.75, 3.05) is 6.61 Å². The first-order chi connectivity index (χ1) is 12.1. The van der Waals surface area contributed by atoms with Crippen LogP contribution in [0.3, 0.4) is 0 Å². The van der Waals surface area contributed by atoms with Crippen LogP contribution in [0.1, 0.15) is 36.9 Å². The Morgan fingerprint density at radius 3 is 2.64 bits per heavy atom. The van der Waals surface area contributed by atoms with Crippen molar-refractivity contribution in [3.8, 4) is 0 Å². The van der Waals surface area contributed by atoms with Gasteiger partial charge in [0.1, 0.15) is 5.72 Å². The van der Waals surface area contributed by atoms with Gasteiger partial charge in [-0.15, -0.1) is 0 Å². The monoisotopic (exact) mass is 399 g/mol. The lowest BCUT2D eigenvalue weighted by molar-refractivity contribution is -0.138. The maximum Gasteiger partial charge on any atom is 0.228 e. The van der Waals surface area contributed by atoms with Gasteiger partial charge in [-0.25, -0.2) is 0 Å². The van der Waals surface area contributed by atoms with Gasteiger partial charge in [0.2, 0.25) is 5.91 Å². The van der Waals surface area contributed by atoms with Crippen molar-refractivity contribution >= 4 is 21.8 Å². The number of fused-ring (bicyclic) bond motifs is 1. The number of carbonyl (C=O) groups excluding carboxylic acids is 1. The van der Waals surface area contributed by atoms with Gasteiger partial charge in [0.05, 0.1) is 12.6 Å². The molecular weight excluding hydrogens is 378 g/mol. The molecule has 2 heterocycles. The highest BCUT2D eigenvalue weighted by Gasteiger charge is 2.55. The Balaban J connectivity index is 1.51.